The first kappa shape index (κ1) is 30.0. The number of hydrogen-bond donors (Lipinski definition) is 1. The van der Waals surface area contributed by atoms with Crippen molar-refractivity contribution < 1.29 is 19.1 Å². The van der Waals surface area contributed by atoms with E-state index in [9.17, 15) is 9.59 Å². The van der Waals surface area contributed by atoms with Crippen LogP contribution in [0.15, 0.2) is 97.2 Å². The van der Waals surface area contributed by atoms with Crippen molar-refractivity contribution >= 4 is 29.4 Å². The van der Waals surface area contributed by atoms with Crippen molar-refractivity contribution in [2.45, 2.75) is 18.7 Å². The summed E-state index contributed by atoms with van der Waals surface area (Å²) in [6, 6.07) is 29.2. The maximum absolute atomic E-state index is 14.0. The summed E-state index contributed by atoms with van der Waals surface area (Å²) in [6.07, 6.45) is 1.68. The van der Waals surface area contributed by atoms with E-state index in [1.807, 2.05) is 97.9 Å². The predicted molar refractivity (Wildman–Crippen MR) is 176 cm³/mol. The molecule has 0 bridgehead atoms. The summed E-state index contributed by atoms with van der Waals surface area (Å²) >= 11 is 1.50. The number of benzene rings is 3. The lowest BCUT2D eigenvalue weighted by atomic mass is 9.99. The summed E-state index contributed by atoms with van der Waals surface area (Å²) in [5.41, 5.74) is 5.96. The summed E-state index contributed by atoms with van der Waals surface area (Å²) in [5, 5.41) is 7.79. The first-order valence-electron chi connectivity index (χ1n) is 14.5. The molecule has 0 unspecified atom stereocenters. The van der Waals surface area contributed by atoms with E-state index in [2.05, 4.69) is 10.3 Å². The lowest BCUT2D eigenvalue weighted by molar-refractivity contribution is -0.123. The van der Waals surface area contributed by atoms with Gasteiger partial charge in [0.25, 0.3) is 0 Å². The second-order valence-electron chi connectivity index (χ2n) is 10.6. The van der Waals surface area contributed by atoms with E-state index in [0.717, 1.165) is 39.3 Å². The lowest BCUT2D eigenvalue weighted by Gasteiger charge is -2.23. The summed E-state index contributed by atoms with van der Waals surface area (Å²) in [4.78, 5) is 33.3. The normalized spacial score (nSPS) is 14.4. The molecule has 228 valence electrons. The molecular formula is C35H33N5O4S. The largest absolute Gasteiger partial charge is 0.493 e. The van der Waals surface area contributed by atoms with Crippen molar-refractivity contribution in [1.29, 1.82) is 0 Å². The molecule has 0 saturated carbocycles. The molecule has 5 aromatic rings. The van der Waals surface area contributed by atoms with Crippen LogP contribution in [0.3, 0.4) is 0 Å². The van der Waals surface area contributed by atoms with Gasteiger partial charge in [-0.2, -0.15) is 5.10 Å². The monoisotopic (exact) mass is 619 g/mol. The summed E-state index contributed by atoms with van der Waals surface area (Å²) in [7, 11) is 3.21. The van der Waals surface area contributed by atoms with Crippen molar-refractivity contribution in [3.8, 4) is 28.4 Å². The van der Waals surface area contributed by atoms with Gasteiger partial charge >= 0.3 is 0 Å². The third-order valence-electron chi connectivity index (χ3n) is 7.59. The molecule has 0 saturated heterocycles. The molecule has 1 aliphatic rings. The van der Waals surface area contributed by atoms with E-state index in [0.29, 0.717) is 17.3 Å². The number of amides is 2. The number of rotatable bonds is 9. The van der Waals surface area contributed by atoms with Gasteiger partial charge in [0.05, 0.1) is 48.8 Å². The van der Waals surface area contributed by atoms with Crippen molar-refractivity contribution in [3.63, 3.8) is 0 Å². The van der Waals surface area contributed by atoms with E-state index < -0.39 is 0 Å². The Labute approximate surface area is 266 Å². The molecule has 9 nitrogen and oxygen atoms in total. The second-order valence-corrected chi connectivity index (χ2v) is 11.7. The van der Waals surface area contributed by atoms with E-state index in [-0.39, 0.29) is 35.9 Å². The molecule has 0 spiro atoms. The number of nitrogens with one attached hydrogen (secondary N) is 1. The molecule has 1 N–H and O–H groups in total. The molecule has 1 atom stereocenters. The Morgan fingerprint density at radius 3 is 2.49 bits per heavy atom. The number of carbonyl (C=O) groups excluding carboxylic acids is 2. The third kappa shape index (κ3) is 6.28. The molecule has 2 aromatic heterocycles. The number of aryl methyl sites for hydroxylation is 1. The Kier molecular flexibility index (Phi) is 8.84. The highest BCUT2D eigenvalue weighted by Crippen LogP contribution is 2.49. The smallest absolute Gasteiger partial charge is 0.240 e. The maximum Gasteiger partial charge on any atom is 0.240 e. The number of thioether (sulfide) groups is 1. The van der Waals surface area contributed by atoms with Crippen LogP contribution in [-0.4, -0.2) is 53.1 Å². The van der Waals surface area contributed by atoms with Crippen LogP contribution in [0.25, 0.3) is 16.9 Å². The zero-order valence-corrected chi connectivity index (χ0v) is 26.1. The van der Waals surface area contributed by atoms with Gasteiger partial charge in [0.2, 0.25) is 11.8 Å². The molecule has 3 aromatic carbocycles. The van der Waals surface area contributed by atoms with E-state index >= 15 is 0 Å². The molecule has 2 amide bonds. The average Bonchev–Trinajstić information content (AvgIpc) is 3.40. The number of anilines is 1. The molecule has 0 aliphatic carbocycles. The fraction of sp³-hybridized carbons (Fsp3) is 0.200. The van der Waals surface area contributed by atoms with Crippen molar-refractivity contribution in [2.24, 2.45) is 0 Å². The molecule has 6 rings (SSSR count). The van der Waals surface area contributed by atoms with Crippen LogP contribution in [-0.2, 0) is 16.1 Å². The summed E-state index contributed by atoms with van der Waals surface area (Å²) in [5.74, 6) is 1.43. The first-order valence-corrected chi connectivity index (χ1v) is 15.6. The minimum Gasteiger partial charge on any atom is -0.493 e. The van der Waals surface area contributed by atoms with Gasteiger partial charge in [-0.1, -0.05) is 54.6 Å². The number of aromatic nitrogens is 3. The molecule has 0 radical (unpaired) electrons. The van der Waals surface area contributed by atoms with Gasteiger partial charge in [-0.25, -0.2) is 4.68 Å². The van der Waals surface area contributed by atoms with Crippen molar-refractivity contribution in [1.82, 2.24) is 20.1 Å². The maximum atomic E-state index is 14.0. The highest BCUT2D eigenvalue weighted by Gasteiger charge is 2.38. The summed E-state index contributed by atoms with van der Waals surface area (Å²) < 4.78 is 13.0. The van der Waals surface area contributed by atoms with Gasteiger partial charge in [0.1, 0.15) is 12.4 Å². The zero-order valence-electron chi connectivity index (χ0n) is 25.3. The fourth-order valence-electron chi connectivity index (χ4n) is 5.44. The van der Waals surface area contributed by atoms with E-state index in [4.69, 9.17) is 14.6 Å². The number of hydrogen-bond acceptors (Lipinski definition) is 7. The molecule has 1 aliphatic heterocycles. The number of fused-ring (bicyclic) bond motifs is 1. The SMILES string of the molecule is COc1ccc([C@@H]2SCC(=O)N(CC(=O)NCc3ccccn3)c3c2c(-c2ccccc2)nn3-c2cccc(C)c2)cc1OC. The Morgan fingerprint density at radius 1 is 0.956 bits per heavy atom. The Hall–Kier alpha value is -5.09. The second kappa shape index (κ2) is 13.3. The minimum atomic E-state index is -0.306. The number of nitrogens with zero attached hydrogens (tertiary/aromatic N) is 4. The molecular weight excluding hydrogens is 586 g/mol. The average molecular weight is 620 g/mol. The zero-order chi connectivity index (χ0) is 31.3. The van der Waals surface area contributed by atoms with Gasteiger partial charge in [0.15, 0.2) is 11.5 Å². The quantitative estimate of drug-likeness (QED) is 0.225. The number of carbonyl (C=O) groups is 2. The lowest BCUT2D eigenvalue weighted by Crippen LogP contribution is -2.42. The first-order chi connectivity index (χ1) is 22.0. The van der Waals surface area contributed by atoms with E-state index in [1.165, 1.54) is 11.8 Å². The van der Waals surface area contributed by atoms with Crippen LogP contribution in [0.1, 0.15) is 27.6 Å². The molecule has 0 fully saturated rings. The fourth-order valence-corrected chi connectivity index (χ4v) is 6.63. The Morgan fingerprint density at radius 2 is 1.76 bits per heavy atom. The van der Waals surface area contributed by atoms with E-state index in [1.54, 1.807) is 30.0 Å². The van der Waals surface area contributed by atoms with Crippen LogP contribution >= 0.6 is 11.8 Å². The molecule has 3 heterocycles. The molecule has 10 heteroatoms. The Balaban J connectivity index is 1.53. The van der Waals surface area contributed by atoms with Crippen molar-refractivity contribution in [3.05, 3.63) is 120 Å². The minimum absolute atomic E-state index is 0.156. The number of methoxy groups -OCH3 is 2. The standard InChI is InChI=1S/C35H33N5O4S/c1-23-10-9-14-27(18-23)40-35-32(33(38-40)24-11-5-4-6-12-24)34(25-15-16-28(43-2)29(19-25)44-3)45-22-31(42)39(35)21-30(41)37-20-26-13-7-8-17-36-26/h4-19,34H,20-22H2,1-3H3,(H,37,41)/t34-/m0/s1. The van der Waals surface area contributed by atoms with Crippen LogP contribution in [0.5, 0.6) is 11.5 Å². The van der Waals surface area contributed by atoms with Crippen LogP contribution < -0.4 is 19.7 Å². The number of pyridine rings is 1. The van der Waals surface area contributed by atoms with Gasteiger partial charge in [0, 0.05) is 17.3 Å². The van der Waals surface area contributed by atoms with Crippen LogP contribution in [0.2, 0.25) is 0 Å². The van der Waals surface area contributed by atoms with Crippen LogP contribution in [0, 0.1) is 6.92 Å². The highest BCUT2D eigenvalue weighted by atomic mass is 32.2. The van der Waals surface area contributed by atoms with Crippen molar-refractivity contribution in [2.75, 3.05) is 31.4 Å². The predicted octanol–water partition coefficient (Wildman–Crippen LogP) is 5.75. The van der Waals surface area contributed by atoms with Gasteiger partial charge in [-0.3, -0.25) is 19.5 Å². The van der Waals surface area contributed by atoms with Gasteiger partial charge in [-0.15, -0.1) is 11.8 Å². The van der Waals surface area contributed by atoms with Gasteiger partial charge < -0.3 is 14.8 Å². The third-order valence-corrected chi connectivity index (χ3v) is 8.84. The topological polar surface area (TPSA) is 98.6 Å². The molecule has 45 heavy (non-hydrogen) atoms. The summed E-state index contributed by atoms with van der Waals surface area (Å²) in [6.45, 7) is 2.09. The number of ether oxygens (including phenoxy) is 2. The van der Waals surface area contributed by atoms with Crippen LogP contribution in [0.4, 0.5) is 5.82 Å². The van der Waals surface area contributed by atoms with Gasteiger partial charge in [-0.05, 0) is 54.4 Å². The Bertz CT molecular complexity index is 1830. The highest BCUT2D eigenvalue weighted by molar-refractivity contribution is 8.00.